The van der Waals surface area contributed by atoms with Crippen LogP contribution in [-0.4, -0.2) is 18.7 Å². The fourth-order valence-corrected chi connectivity index (χ4v) is 1.31. The predicted octanol–water partition coefficient (Wildman–Crippen LogP) is 2.00. The van der Waals surface area contributed by atoms with E-state index in [2.05, 4.69) is 4.74 Å². The second-order valence-electron chi connectivity index (χ2n) is 3.48. The van der Waals surface area contributed by atoms with Crippen LogP contribution in [0.3, 0.4) is 0 Å². The first-order valence-corrected chi connectivity index (χ1v) is 5.09. The maximum absolute atomic E-state index is 13.5. The summed E-state index contributed by atoms with van der Waals surface area (Å²) >= 11 is 0. The van der Waals surface area contributed by atoms with Crippen molar-refractivity contribution in [2.75, 3.05) is 6.61 Å². The highest BCUT2D eigenvalue weighted by Crippen LogP contribution is 2.22. The molecule has 0 aromatic heterocycles. The molecule has 1 aromatic carbocycles. The van der Waals surface area contributed by atoms with Crippen LogP contribution in [0.5, 0.6) is 0 Å². The number of ether oxygens (including phenoxy) is 1. The molecule has 1 rings (SSSR count). The fraction of sp³-hybridized carbons (Fsp3) is 0.364. The maximum atomic E-state index is 13.5. The van der Waals surface area contributed by atoms with Gasteiger partial charge < -0.3 is 10.5 Å². The smallest absolute Gasteiger partial charge is 0.342 e. The normalized spacial score (nSPS) is 14.1. The fourth-order valence-electron chi connectivity index (χ4n) is 1.31. The summed E-state index contributed by atoms with van der Waals surface area (Å²) in [6, 6.07) is -0.558. The summed E-state index contributed by atoms with van der Waals surface area (Å²) in [5, 5.41) is 0. The van der Waals surface area contributed by atoms with Gasteiger partial charge in [0, 0.05) is 0 Å². The third-order valence-corrected chi connectivity index (χ3v) is 2.22. The number of carbonyl (C=O) groups is 1. The summed E-state index contributed by atoms with van der Waals surface area (Å²) in [5.74, 6) is -5.93. The van der Waals surface area contributed by atoms with Crippen LogP contribution in [0, 0.1) is 17.5 Å². The number of benzene rings is 1. The van der Waals surface area contributed by atoms with Crippen molar-refractivity contribution >= 4 is 5.97 Å². The molecule has 2 N–H and O–H groups in total. The van der Waals surface area contributed by atoms with Gasteiger partial charge in [0.15, 0.2) is 17.5 Å². The second kappa shape index (κ2) is 5.81. The van der Waals surface area contributed by atoms with Crippen molar-refractivity contribution in [3.8, 4) is 0 Å². The molecule has 0 saturated heterocycles. The van der Waals surface area contributed by atoms with Crippen molar-refractivity contribution in [1.82, 2.24) is 0 Å². The van der Waals surface area contributed by atoms with Crippen LogP contribution in [0.2, 0.25) is 0 Å². The van der Waals surface area contributed by atoms with Gasteiger partial charge in [0.05, 0.1) is 12.6 Å². The van der Waals surface area contributed by atoms with E-state index in [0.717, 1.165) is 0 Å². The van der Waals surface area contributed by atoms with Crippen molar-refractivity contribution in [3.63, 3.8) is 0 Å². The first-order valence-electron chi connectivity index (χ1n) is 5.09. The summed E-state index contributed by atoms with van der Waals surface area (Å²) in [6.07, 6.45) is -2.28. The topological polar surface area (TPSA) is 52.3 Å². The maximum Gasteiger partial charge on any atom is 0.342 e. The lowest BCUT2D eigenvalue weighted by molar-refractivity contribution is -0.149. The average Bonchev–Trinajstić information content (AvgIpc) is 2.33. The molecule has 18 heavy (non-hydrogen) atoms. The lowest BCUT2D eigenvalue weighted by Gasteiger charge is -2.16. The van der Waals surface area contributed by atoms with Crippen molar-refractivity contribution in [2.24, 2.45) is 5.73 Å². The Bertz CT molecular complexity index is 430. The number of nitrogens with two attached hydrogens (primary N) is 1. The van der Waals surface area contributed by atoms with Crippen LogP contribution in [0.15, 0.2) is 12.1 Å². The third kappa shape index (κ3) is 2.98. The van der Waals surface area contributed by atoms with Crippen LogP contribution in [-0.2, 0) is 9.53 Å². The van der Waals surface area contributed by atoms with Crippen LogP contribution in [0.25, 0.3) is 0 Å². The van der Waals surface area contributed by atoms with Gasteiger partial charge in [-0.15, -0.1) is 0 Å². The Morgan fingerprint density at radius 1 is 1.33 bits per heavy atom. The van der Waals surface area contributed by atoms with E-state index in [1.54, 1.807) is 0 Å². The standard InChI is InChI=1S/C11H11F4NO2/c1-2-18-11(17)9(15)10(16)5-3-6(12)8(14)7(13)4-5/h3-4,9-10H,2,16H2,1H3/t9?,10-/m0/s1. The Kier molecular flexibility index (Phi) is 4.66. The molecule has 0 saturated carbocycles. The Morgan fingerprint density at radius 2 is 1.83 bits per heavy atom. The van der Waals surface area contributed by atoms with Gasteiger partial charge in [0.25, 0.3) is 0 Å². The molecule has 3 nitrogen and oxygen atoms in total. The number of hydrogen-bond donors (Lipinski definition) is 1. The molecular formula is C11H11F4NO2. The first kappa shape index (κ1) is 14.4. The number of alkyl halides is 1. The minimum atomic E-state index is -2.28. The molecule has 2 atom stereocenters. The van der Waals surface area contributed by atoms with E-state index in [0.29, 0.717) is 12.1 Å². The molecule has 1 unspecified atom stereocenters. The molecule has 0 heterocycles. The summed E-state index contributed by atoms with van der Waals surface area (Å²) in [5.41, 5.74) is 4.96. The highest BCUT2D eigenvalue weighted by atomic mass is 19.2. The van der Waals surface area contributed by atoms with E-state index in [1.807, 2.05) is 0 Å². The highest BCUT2D eigenvalue weighted by Gasteiger charge is 2.29. The van der Waals surface area contributed by atoms with Gasteiger partial charge in [-0.3, -0.25) is 0 Å². The van der Waals surface area contributed by atoms with E-state index >= 15 is 0 Å². The number of rotatable bonds is 4. The molecule has 0 radical (unpaired) electrons. The van der Waals surface area contributed by atoms with Crippen molar-refractivity contribution < 1.29 is 27.1 Å². The predicted molar refractivity (Wildman–Crippen MR) is 54.8 cm³/mol. The lowest BCUT2D eigenvalue weighted by atomic mass is 10.0. The van der Waals surface area contributed by atoms with E-state index in [9.17, 15) is 22.4 Å². The Morgan fingerprint density at radius 3 is 2.28 bits per heavy atom. The molecular weight excluding hydrogens is 254 g/mol. The monoisotopic (exact) mass is 265 g/mol. The molecule has 0 spiro atoms. The third-order valence-electron chi connectivity index (χ3n) is 2.22. The Hall–Kier alpha value is -1.63. The van der Waals surface area contributed by atoms with Gasteiger partial charge in [-0.05, 0) is 24.6 Å². The van der Waals surface area contributed by atoms with Crippen LogP contribution < -0.4 is 5.73 Å². The van der Waals surface area contributed by atoms with Gasteiger partial charge in [0.1, 0.15) is 0 Å². The number of carbonyl (C=O) groups excluding carboxylic acids is 1. The zero-order valence-corrected chi connectivity index (χ0v) is 9.42. The molecule has 0 fully saturated rings. The Balaban J connectivity index is 2.97. The lowest BCUT2D eigenvalue weighted by Crippen LogP contribution is -2.31. The van der Waals surface area contributed by atoms with Gasteiger partial charge in [-0.25, -0.2) is 22.4 Å². The van der Waals surface area contributed by atoms with E-state index in [4.69, 9.17) is 5.73 Å². The zero-order valence-electron chi connectivity index (χ0n) is 9.42. The first-order chi connectivity index (χ1) is 8.38. The molecule has 0 aliphatic heterocycles. The van der Waals surface area contributed by atoms with Crippen LogP contribution >= 0.6 is 0 Å². The molecule has 0 bridgehead atoms. The average molecular weight is 265 g/mol. The summed E-state index contributed by atoms with van der Waals surface area (Å²) < 4.78 is 56.3. The van der Waals surface area contributed by atoms with Crippen molar-refractivity contribution in [1.29, 1.82) is 0 Å². The van der Waals surface area contributed by atoms with Gasteiger partial charge in [-0.2, -0.15) is 0 Å². The summed E-state index contributed by atoms with van der Waals surface area (Å²) in [7, 11) is 0. The number of halogens is 4. The highest BCUT2D eigenvalue weighted by molar-refractivity contribution is 5.75. The summed E-state index contributed by atoms with van der Waals surface area (Å²) in [6.45, 7) is 1.41. The zero-order chi connectivity index (χ0) is 13.9. The van der Waals surface area contributed by atoms with E-state index < -0.39 is 35.6 Å². The minimum absolute atomic E-state index is 0.0574. The molecule has 100 valence electrons. The quantitative estimate of drug-likeness (QED) is 0.514. The van der Waals surface area contributed by atoms with E-state index in [1.165, 1.54) is 6.92 Å². The SMILES string of the molecule is CCOC(=O)C(F)[C@@H](N)c1cc(F)c(F)c(F)c1. The van der Waals surface area contributed by atoms with Crippen molar-refractivity contribution in [3.05, 3.63) is 35.1 Å². The number of hydrogen-bond acceptors (Lipinski definition) is 3. The van der Waals surface area contributed by atoms with E-state index in [-0.39, 0.29) is 12.2 Å². The minimum Gasteiger partial charge on any atom is -0.464 e. The second-order valence-corrected chi connectivity index (χ2v) is 3.48. The van der Waals surface area contributed by atoms with Crippen molar-refractivity contribution in [2.45, 2.75) is 19.1 Å². The molecule has 0 amide bonds. The van der Waals surface area contributed by atoms with Gasteiger partial charge in [-0.1, -0.05) is 0 Å². The Labute approximate surface area is 101 Å². The summed E-state index contributed by atoms with van der Waals surface area (Å²) in [4.78, 5) is 11.1. The molecule has 0 aliphatic carbocycles. The molecule has 1 aromatic rings. The van der Waals surface area contributed by atoms with Crippen LogP contribution in [0.4, 0.5) is 17.6 Å². The number of esters is 1. The molecule has 7 heteroatoms. The largest absolute Gasteiger partial charge is 0.464 e. The van der Waals surface area contributed by atoms with Gasteiger partial charge >= 0.3 is 5.97 Å². The van der Waals surface area contributed by atoms with Gasteiger partial charge in [0.2, 0.25) is 6.17 Å². The molecule has 0 aliphatic rings. The van der Waals surface area contributed by atoms with Crippen LogP contribution in [0.1, 0.15) is 18.5 Å².